The van der Waals surface area contributed by atoms with Crippen molar-refractivity contribution in [2.45, 2.75) is 39.3 Å². The smallest absolute Gasteiger partial charge is 0.269 e. The zero-order valence-corrected chi connectivity index (χ0v) is 10.2. The van der Waals surface area contributed by atoms with Crippen LogP contribution in [0.15, 0.2) is 24.3 Å². The molecule has 1 aromatic carbocycles. The molecule has 0 saturated carbocycles. The first-order chi connectivity index (χ1) is 7.29. The van der Waals surface area contributed by atoms with E-state index in [9.17, 15) is 10.1 Å². The molecule has 0 aliphatic rings. The van der Waals surface area contributed by atoms with Crippen molar-refractivity contribution in [3.05, 3.63) is 39.9 Å². The van der Waals surface area contributed by atoms with Crippen molar-refractivity contribution in [2.24, 2.45) is 0 Å². The second-order valence-electron chi connectivity index (χ2n) is 4.96. The molecule has 4 heteroatoms. The lowest BCUT2D eigenvalue weighted by Crippen LogP contribution is -2.37. The Morgan fingerprint density at radius 2 is 1.75 bits per heavy atom. The lowest BCUT2D eigenvalue weighted by atomic mass is 10.0. The summed E-state index contributed by atoms with van der Waals surface area (Å²) in [6, 6.07) is 6.84. The van der Waals surface area contributed by atoms with Gasteiger partial charge in [0.15, 0.2) is 0 Å². The number of nitro benzene ring substituents is 1. The second-order valence-corrected chi connectivity index (χ2v) is 4.96. The molecule has 1 N–H and O–H groups in total. The molecule has 1 rings (SSSR count). The maximum absolute atomic E-state index is 10.5. The van der Waals surface area contributed by atoms with Crippen molar-refractivity contribution < 1.29 is 4.92 Å². The van der Waals surface area contributed by atoms with Gasteiger partial charge in [-0.05, 0) is 33.3 Å². The Bertz CT molecular complexity index is 366. The van der Waals surface area contributed by atoms with Gasteiger partial charge in [0.05, 0.1) is 4.92 Å². The van der Waals surface area contributed by atoms with Crippen LogP contribution in [-0.2, 0) is 0 Å². The fourth-order valence-corrected chi connectivity index (χ4v) is 1.62. The lowest BCUT2D eigenvalue weighted by molar-refractivity contribution is -0.384. The molecule has 1 aromatic rings. The third-order valence-electron chi connectivity index (χ3n) is 2.25. The molecular formula is C12H18N2O2. The first kappa shape index (κ1) is 12.6. The number of nitrogens with one attached hydrogen (secondary N) is 1. The number of rotatable bonds is 3. The highest BCUT2D eigenvalue weighted by atomic mass is 16.6. The van der Waals surface area contributed by atoms with Gasteiger partial charge in [-0.25, -0.2) is 0 Å². The molecule has 0 heterocycles. The van der Waals surface area contributed by atoms with Gasteiger partial charge in [0.25, 0.3) is 5.69 Å². The fourth-order valence-electron chi connectivity index (χ4n) is 1.62. The standard InChI is InChI=1S/C12H18N2O2/c1-9(13-12(2,3)4)10-5-7-11(8-6-10)14(15)16/h5-9,13H,1-4H3/t9-/m1/s1. The summed E-state index contributed by atoms with van der Waals surface area (Å²) in [6.07, 6.45) is 0. The van der Waals surface area contributed by atoms with Crippen molar-refractivity contribution in [1.82, 2.24) is 5.32 Å². The number of hydrogen-bond acceptors (Lipinski definition) is 3. The summed E-state index contributed by atoms with van der Waals surface area (Å²) < 4.78 is 0. The van der Waals surface area contributed by atoms with Crippen LogP contribution in [0.5, 0.6) is 0 Å². The summed E-state index contributed by atoms with van der Waals surface area (Å²) in [7, 11) is 0. The van der Waals surface area contributed by atoms with Gasteiger partial charge in [-0.15, -0.1) is 0 Å². The van der Waals surface area contributed by atoms with Gasteiger partial charge in [0, 0.05) is 23.7 Å². The molecule has 0 aliphatic heterocycles. The molecule has 0 aliphatic carbocycles. The minimum Gasteiger partial charge on any atom is -0.306 e. The van der Waals surface area contributed by atoms with Gasteiger partial charge >= 0.3 is 0 Å². The molecule has 0 fully saturated rings. The van der Waals surface area contributed by atoms with Crippen LogP contribution in [-0.4, -0.2) is 10.5 Å². The van der Waals surface area contributed by atoms with Crippen LogP contribution in [0.2, 0.25) is 0 Å². The molecular weight excluding hydrogens is 204 g/mol. The van der Waals surface area contributed by atoms with Gasteiger partial charge in [-0.3, -0.25) is 10.1 Å². The Morgan fingerprint density at radius 1 is 1.25 bits per heavy atom. The van der Waals surface area contributed by atoms with E-state index in [0.717, 1.165) is 5.56 Å². The maximum Gasteiger partial charge on any atom is 0.269 e. The van der Waals surface area contributed by atoms with Crippen molar-refractivity contribution >= 4 is 5.69 Å². The first-order valence-electron chi connectivity index (χ1n) is 5.31. The van der Waals surface area contributed by atoms with Crippen LogP contribution in [0.1, 0.15) is 39.3 Å². The van der Waals surface area contributed by atoms with Crippen LogP contribution in [0.3, 0.4) is 0 Å². The van der Waals surface area contributed by atoms with E-state index in [1.807, 2.05) is 6.92 Å². The van der Waals surface area contributed by atoms with E-state index in [1.54, 1.807) is 12.1 Å². The molecule has 0 aromatic heterocycles. The molecule has 0 bridgehead atoms. The second kappa shape index (κ2) is 4.61. The maximum atomic E-state index is 10.5. The number of non-ortho nitro benzene ring substituents is 1. The summed E-state index contributed by atoms with van der Waals surface area (Å²) in [5.74, 6) is 0. The first-order valence-corrected chi connectivity index (χ1v) is 5.31. The molecule has 0 saturated heterocycles. The minimum atomic E-state index is -0.383. The molecule has 88 valence electrons. The van der Waals surface area contributed by atoms with E-state index in [2.05, 4.69) is 26.1 Å². The summed E-state index contributed by atoms with van der Waals surface area (Å²) in [5.41, 5.74) is 1.22. The van der Waals surface area contributed by atoms with Crippen molar-refractivity contribution in [2.75, 3.05) is 0 Å². The highest BCUT2D eigenvalue weighted by Gasteiger charge is 2.15. The zero-order valence-electron chi connectivity index (χ0n) is 10.2. The third kappa shape index (κ3) is 3.62. The summed E-state index contributed by atoms with van der Waals surface area (Å²) >= 11 is 0. The predicted molar refractivity (Wildman–Crippen MR) is 64.4 cm³/mol. The van der Waals surface area contributed by atoms with Gasteiger partial charge in [-0.1, -0.05) is 12.1 Å². The number of nitro groups is 1. The van der Waals surface area contributed by atoms with Crippen LogP contribution in [0, 0.1) is 10.1 Å². The highest BCUT2D eigenvalue weighted by Crippen LogP contribution is 2.19. The normalized spacial score (nSPS) is 13.5. The molecule has 4 nitrogen and oxygen atoms in total. The minimum absolute atomic E-state index is 0.0290. The molecule has 0 radical (unpaired) electrons. The van der Waals surface area contributed by atoms with Crippen LogP contribution in [0.4, 0.5) is 5.69 Å². The molecule has 1 atom stereocenters. The molecule has 16 heavy (non-hydrogen) atoms. The average molecular weight is 222 g/mol. The number of benzene rings is 1. The van der Waals surface area contributed by atoms with Gasteiger partial charge in [-0.2, -0.15) is 0 Å². The van der Waals surface area contributed by atoms with E-state index >= 15 is 0 Å². The molecule has 0 spiro atoms. The quantitative estimate of drug-likeness (QED) is 0.631. The fraction of sp³-hybridized carbons (Fsp3) is 0.500. The summed E-state index contributed by atoms with van der Waals surface area (Å²) in [6.45, 7) is 8.32. The Hall–Kier alpha value is -1.42. The van der Waals surface area contributed by atoms with Crippen LogP contribution in [0.25, 0.3) is 0 Å². The third-order valence-corrected chi connectivity index (χ3v) is 2.25. The van der Waals surface area contributed by atoms with Gasteiger partial charge in [0.1, 0.15) is 0 Å². The molecule has 0 unspecified atom stereocenters. The monoisotopic (exact) mass is 222 g/mol. The SMILES string of the molecule is C[C@@H](NC(C)(C)C)c1ccc([N+](=O)[O-])cc1. The van der Waals surface area contributed by atoms with Crippen LogP contribution >= 0.6 is 0 Å². The number of nitrogens with zero attached hydrogens (tertiary/aromatic N) is 1. The Balaban J connectivity index is 2.78. The largest absolute Gasteiger partial charge is 0.306 e. The Labute approximate surface area is 95.8 Å². The van der Waals surface area contributed by atoms with Crippen molar-refractivity contribution in [3.8, 4) is 0 Å². The average Bonchev–Trinajstić information content (AvgIpc) is 2.15. The van der Waals surface area contributed by atoms with Crippen molar-refractivity contribution in [1.29, 1.82) is 0 Å². The van der Waals surface area contributed by atoms with Gasteiger partial charge < -0.3 is 5.32 Å². The number of hydrogen-bond donors (Lipinski definition) is 1. The lowest BCUT2D eigenvalue weighted by Gasteiger charge is -2.26. The Kier molecular flexibility index (Phi) is 3.65. The van der Waals surface area contributed by atoms with E-state index in [4.69, 9.17) is 0 Å². The predicted octanol–water partition coefficient (Wildman–Crippen LogP) is 3.04. The summed E-state index contributed by atoms with van der Waals surface area (Å²) in [4.78, 5) is 10.1. The van der Waals surface area contributed by atoms with E-state index in [0.29, 0.717) is 0 Å². The van der Waals surface area contributed by atoms with Crippen molar-refractivity contribution in [3.63, 3.8) is 0 Å². The van der Waals surface area contributed by atoms with Gasteiger partial charge in [0.2, 0.25) is 0 Å². The van der Waals surface area contributed by atoms with E-state index < -0.39 is 0 Å². The topological polar surface area (TPSA) is 55.2 Å². The summed E-state index contributed by atoms with van der Waals surface area (Å²) in [5, 5.41) is 13.9. The van der Waals surface area contributed by atoms with E-state index in [1.165, 1.54) is 12.1 Å². The molecule has 0 amide bonds. The Morgan fingerprint density at radius 3 is 2.12 bits per heavy atom. The highest BCUT2D eigenvalue weighted by molar-refractivity contribution is 5.34. The van der Waals surface area contributed by atoms with E-state index in [-0.39, 0.29) is 22.2 Å². The van der Waals surface area contributed by atoms with Crippen LogP contribution < -0.4 is 5.32 Å². The zero-order chi connectivity index (χ0) is 12.3.